The van der Waals surface area contributed by atoms with Crippen molar-refractivity contribution in [2.45, 2.75) is 13.3 Å². The van der Waals surface area contributed by atoms with Crippen molar-refractivity contribution in [3.05, 3.63) is 40.8 Å². The number of halogens is 1. The first-order chi connectivity index (χ1) is 6.51. The zero-order valence-electron chi connectivity index (χ0n) is 7.77. The van der Waals surface area contributed by atoms with Gasteiger partial charge < -0.3 is 0 Å². The molecule has 0 unspecified atom stereocenters. The molecule has 0 saturated heterocycles. The monoisotopic (exact) mass is 214 g/mol. The minimum atomic E-state index is -4.52. The molecular weight excluding hydrogens is 203 g/mol. The van der Waals surface area contributed by atoms with Gasteiger partial charge in [-0.1, -0.05) is 31.2 Å². The highest BCUT2D eigenvalue weighted by molar-refractivity contribution is 7.89. The third-order valence-electron chi connectivity index (χ3n) is 1.81. The molecule has 0 aliphatic rings. The van der Waals surface area contributed by atoms with Gasteiger partial charge in [-0.3, -0.25) is 0 Å². The summed E-state index contributed by atoms with van der Waals surface area (Å²) in [5.74, 6) is 0. The van der Waals surface area contributed by atoms with Crippen LogP contribution in [0.15, 0.2) is 29.7 Å². The lowest BCUT2D eigenvalue weighted by Gasteiger charge is -1.96. The lowest BCUT2D eigenvalue weighted by molar-refractivity contribution is 0.563. The first-order valence-electron chi connectivity index (χ1n) is 4.23. The predicted molar refractivity (Wildman–Crippen MR) is 54.9 cm³/mol. The van der Waals surface area contributed by atoms with Gasteiger partial charge in [0.25, 0.3) is 0 Å². The van der Waals surface area contributed by atoms with E-state index in [9.17, 15) is 12.3 Å². The Balaban J connectivity index is 2.84. The maximum atomic E-state index is 12.1. The van der Waals surface area contributed by atoms with Gasteiger partial charge in [-0.2, -0.15) is 8.42 Å². The lowest BCUT2D eigenvalue weighted by atomic mass is 10.1. The van der Waals surface area contributed by atoms with E-state index in [-0.39, 0.29) is 0 Å². The van der Waals surface area contributed by atoms with Crippen LogP contribution in [0.1, 0.15) is 18.1 Å². The van der Waals surface area contributed by atoms with E-state index < -0.39 is 10.2 Å². The molecule has 0 atom stereocenters. The van der Waals surface area contributed by atoms with Crippen LogP contribution in [0.25, 0.3) is 6.08 Å². The van der Waals surface area contributed by atoms with Crippen molar-refractivity contribution in [3.63, 3.8) is 0 Å². The number of hydrogen-bond acceptors (Lipinski definition) is 2. The summed E-state index contributed by atoms with van der Waals surface area (Å²) in [5.41, 5.74) is 1.83. The number of aryl methyl sites for hydroxylation is 1. The Labute approximate surface area is 83.3 Å². The van der Waals surface area contributed by atoms with Gasteiger partial charge in [-0.25, -0.2) is 0 Å². The number of rotatable bonds is 3. The molecule has 0 aliphatic carbocycles. The normalized spacial score (nSPS) is 12.1. The van der Waals surface area contributed by atoms with Crippen LogP contribution in [0.5, 0.6) is 0 Å². The molecule has 0 bridgehead atoms. The fourth-order valence-corrected chi connectivity index (χ4v) is 1.34. The molecule has 2 nitrogen and oxygen atoms in total. The van der Waals surface area contributed by atoms with E-state index in [0.29, 0.717) is 11.0 Å². The minimum Gasteiger partial charge on any atom is -0.190 e. The summed E-state index contributed by atoms with van der Waals surface area (Å²) in [6, 6.07) is 7.26. The van der Waals surface area contributed by atoms with Crippen molar-refractivity contribution < 1.29 is 12.3 Å². The van der Waals surface area contributed by atoms with Gasteiger partial charge in [0.2, 0.25) is 0 Å². The van der Waals surface area contributed by atoms with Crippen molar-refractivity contribution >= 4 is 16.3 Å². The zero-order valence-corrected chi connectivity index (χ0v) is 8.59. The van der Waals surface area contributed by atoms with Crippen LogP contribution in [-0.4, -0.2) is 8.42 Å². The number of hydrogen-bond donors (Lipinski definition) is 0. The van der Waals surface area contributed by atoms with Gasteiger partial charge in [0.15, 0.2) is 0 Å². The molecule has 1 aromatic carbocycles. The van der Waals surface area contributed by atoms with E-state index in [1.807, 2.05) is 19.1 Å². The second-order valence-electron chi connectivity index (χ2n) is 2.87. The van der Waals surface area contributed by atoms with E-state index in [0.717, 1.165) is 12.0 Å². The summed E-state index contributed by atoms with van der Waals surface area (Å²) >= 11 is 0. The number of benzene rings is 1. The molecule has 0 heterocycles. The van der Waals surface area contributed by atoms with Crippen molar-refractivity contribution in [2.24, 2.45) is 0 Å². The predicted octanol–water partition coefficient (Wildman–Crippen LogP) is 2.52. The molecular formula is C10H11FO2S. The van der Waals surface area contributed by atoms with Gasteiger partial charge in [-0.15, -0.1) is 3.89 Å². The Morgan fingerprint density at radius 2 is 1.86 bits per heavy atom. The quantitative estimate of drug-likeness (QED) is 0.724. The highest BCUT2D eigenvalue weighted by atomic mass is 32.3. The first kappa shape index (κ1) is 10.9. The Hall–Kier alpha value is -1.16. The van der Waals surface area contributed by atoms with E-state index in [1.54, 1.807) is 12.1 Å². The summed E-state index contributed by atoms with van der Waals surface area (Å²) < 4.78 is 32.5. The average Bonchev–Trinajstić information content (AvgIpc) is 2.14. The summed E-state index contributed by atoms with van der Waals surface area (Å²) in [5, 5.41) is 0.550. The van der Waals surface area contributed by atoms with Gasteiger partial charge >= 0.3 is 10.2 Å². The molecule has 0 spiro atoms. The molecule has 0 aliphatic heterocycles. The van der Waals surface area contributed by atoms with Crippen LogP contribution in [0.4, 0.5) is 3.89 Å². The standard InChI is InChI=1S/C10H11FO2S/c1-2-9-3-5-10(6-4-9)7-8-14(11,12)13/h3-8H,2H2,1H3/b8-7+. The Morgan fingerprint density at radius 3 is 2.29 bits per heavy atom. The molecule has 1 aromatic rings. The van der Waals surface area contributed by atoms with Crippen LogP contribution in [-0.2, 0) is 16.6 Å². The molecule has 0 fully saturated rings. The summed E-state index contributed by atoms with van der Waals surface area (Å²) in [4.78, 5) is 0. The van der Waals surface area contributed by atoms with E-state index in [4.69, 9.17) is 0 Å². The smallest absolute Gasteiger partial charge is 0.190 e. The average molecular weight is 214 g/mol. The minimum absolute atomic E-state index is 0.550. The molecule has 0 saturated carbocycles. The summed E-state index contributed by atoms with van der Waals surface area (Å²) in [7, 11) is -4.52. The first-order valence-corrected chi connectivity index (χ1v) is 5.67. The molecule has 1 rings (SSSR count). The van der Waals surface area contributed by atoms with Crippen molar-refractivity contribution in [3.8, 4) is 0 Å². The third-order valence-corrected chi connectivity index (χ3v) is 2.27. The van der Waals surface area contributed by atoms with Crippen molar-refractivity contribution in [1.82, 2.24) is 0 Å². The zero-order chi connectivity index (χ0) is 10.6. The van der Waals surface area contributed by atoms with E-state index >= 15 is 0 Å². The van der Waals surface area contributed by atoms with Crippen LogP contribution in [0, 0.1) is 0 Å². The summed E-state index contributed by atoms with van der Waals surface area (Å²) in [6.45, 7) is 2.02. The maximum Gasteiger partial charge on any atom is 0.325 e. The Morgan fingerprint density at radius 1 is 1.29 bits per heavy atom. The molecule has 0 amide bonds. The molecule has 14 heavy (non-hydrogen) atoms. The largest absolute Gasteiger partial charge is 0.325 e. The topological polar surface area (TPSA) is 34.1 Å². The van der Waals surface area contributed by atoms with Crippen LogP contribution >= 0.6 is 0 Å². The highest BCUT2D eigenvalue weighted by Crippen LogP contribution is 2.08. The highest BCUT2D eigenvalue weighted by Gasteiger charge is 1.98. The van der Waals surface area contributed by atoms with Gasteiger partial charge in [0, 0.05) is 0 Å². The van der Waals surface area contributed by atoms with Gasteiger partial charge in [-0.05, 0) is 23.6 Å². The van der Waals surface area contributed by atoms with E-state index in [1.165, 1.54) is 6.08 Å². The van der Waals surface area contributed by atoms with Crippen LogP contribution in [0.3, 0.4) is 0 Å². The van der Waals surface area contributed by atoms with Crippen LogP contribution < -0.4 is 0 Å². The molecule has 0 N–H and O–H groups in total. The maximum absolute atomic E-state index is 12.1. The molecule has 4 heteroatoms. The molecule has 0 radical (unpaired) electrons. The third kappa shape index (κ3) is 3.70. The van der Waals surface area contributed by atoms with Crippen LogP contribution in [0.2, 0.25) is 0 Å². The van der Waals surface area contributed by atoms with E-state index in [2.05, 4.69) is 0 Å². The molecule has 76 valence electrons. The van der Waals surface area contributed by atoms with Gasteiger partial charge in [0.1, 0.15) is 0 Å². The molecule has 0 aromatic heterocycles. The summed E-state index contributed by atoms with van der Waals surface area (Å²) in [6.07, 6.45) is 2.15. The second-order valence-corrected chi connectivity index (χ2v) is 4.10. The van der Waals surface area contributed by atoms with Gasteiger partial charge in [0.05, 0.1) is 5.41 Å². The second kappa shape index (κ2) is 4.37. The fraction of sp³-hybridized carbons (Fsp3) is 0.200. The van der Waals surface area contributed by atoms with Crippen molar-refractivity contribution in [2.75, 3.05) is 0 Å². The lowest BCUT2D eigenvalue weighted by Crippen LogP contribution is -1.82. The SMILES string of the molecule is CCc1ccc(/C=C/S(=O)(=O)F)cc1. The van der Waals surface area contributed by atoms with Crippen molar-refractivity contribution in [1.29, 1.82) is 0 Å². The Bertz CT molecular complexity index is 418. The fourth-order valence-electron chi connectivity index (χ4n) is 1.02. The Kier molecular flexibility index (Phi) is 3.41.